The molecule has 1 aromatic carbocycles. The van der Waals surface area contributed by atoms with Crippen molar-refractivity contribution in [1.29, 1.82) is 0 Å². The Balaban J connectivity index is 1.99. The number of aliphatic hydroxyl groups is 2. The molecule has 0 saturated carbocycles. The fraction of sp³-hybridized carbons (Fsp3) is 0.571. The highest BCUT2D eigenvalue weighted by molar-refractivity contribution is 5.39. The Morgan fingerprint density at radius 2 is 2.12 bits per heavy atom. The van der Waals surface area contributed by atoms with Crippen molar-refractivity contribution in [2.45, 2.75) is 50.7 Å². The molecule has 0 heterocycles. The molecule has 0 bridgehead atoms. The van der Waals surface area contributed by atoms with E-state index in [0.29, 0.717) is 18.8 Å². The van der Waals surface area contributed by atoms with Gasteiger partial charge in [-0.2, -0.15) is 0 Å². The number of hydrogen-bond acceptors (Lipinski definition) is 2. The second-order valence-corrected chi connectivity index (χ2v) is 5.06. The average molecular weight is 220 g/mol. The van der Waals surface area contributed by atoms with E-state index in [1.807, 2.05) is 19.1 Å². The van der Waals surface area contributed by atoms with Gasteiger partial charge in [-0.05, 0) is 43.2 Å². The van der Waals surface area contributed by atoms with Crippen LogP contribution in [0.2, 0.25) is 0 Å². The summed E-state index contributed by atoms with van der Waals surface area (Å²) in [6, 6.07) is 8.34. The minimum atomic E-state index is -0.954. The van der Waals surface area contributed by atoms with Gasteiger partial charge in [0.1, 0.15) is 0 Å². The summed E-state index contributed by atoms with van der Waals surface area (Å²) >= 11 is 0. The van der Waals surface area contributed by atoms with Crippen LogP contribution in [-0.4, -0.2) is 21.9 Å². The van der Waals surface area contributed by atoms with Crippen LogP contribution < -0.4 is 0 Å². The maximum absolute atomic E-state index is 9.99. The zero-order valence-corrected chi connectivity index (χ0v) is 9.98. The summed E-state index contributed by atoms with van der Waals surface area (Å²) in [4.78, 5) is 0. The van der Waals surface area contributed by atoms with Gasteiger partial charge in [-0.25, -0.2) is 0 Å². The van der Waals surface area contributed by atoms with Gasteiger partial charge in [-0.3, -0.25) is 0 Å². The SMILES string of the molecule is CCC(C)(O)C(O)CC1Cc2ccccc21. The number of rotatable bonds is 4. The zero-order chi connectivity index (χ0) is 11.8. The van der Waals surface area contributed by atoms with Crippen molar-refractivity contribution in [1.82, 2.24) is 0 Å². The smallest absolute Gasteiger partial charge is 0.0875 e. The fourth-order valence-electron chi connectivity index (χ4n) is 2.33. The van der Waals surface area contributed by atoms with Gasteiger partial charge in [0.15, 0.2) is 0 Å². The van der Waals surface area contributed by atoms with E-state index in [4.69, 9.17) is 0 Å². The van der Waals surface area contributed by atoms with Gasteiger partial charge in [0.2, 0.25) is 0 Å². The summed E-state index contributed by atoms with van der Waals surface area (Å²) in [6.45, 7) is 3.61. The lowest BCUT2D eigenvalue weighted by molar-refractivity contribution is -0.0705. The quantitative estimate of drug-likeness (QED) is 0.817. The minimum absolute atomic E-state index is 0.421. The third-order valence-electron chi connectivity index (χ3n) is 3.90. The molecule has 0 aliphatic heterocycles. The van der Waals surface area contributed by atoms with Gasteiger partial charge in [-0.15, -0.1) is 0 Å². The lowest BCUT2D eigenvalue weighted by Gasteiger charge is -2.36. The number of aliphatic hydroxyl groups excluding tert-OH is 1. The summed E-state index contributed by atoms with van der Waals surface area (Å²) in [7, 11) is 0. The van der Waals surface area contributed by atoms with Gasteiger partial charge in [0.25, 0.3) is 0 Å². The zero-order valence-electron chi connectivity index (χ0n) is 9.98. The standard InChI is InChI=1S/C14H20O2/c1-3-14(2,16)13(15)9-11-8-10-6-4-5-7-12(10)11/h4-7,11,13,15-16H,3,8-9H2,1-2H3. The predicted octanol–water partition coefficient (Wildman–Crippen LogP) is 2.24. The molecule has 0 amide bonds. The van der Waals surface area contributed by atoms with Crippen molar-refractivity contribution in [3.63, 3.8) is 0 Å². The number of hydrogen-bond donors (Lipinski definition) is 2. The molecule has 1 aliphatic rings. The van der Waals surface area contributed by atoms with E-state index < -0.39 is 11.7 Å². The molecular weight excluding hydrogens is 200 g/mol. The van der Waals surface area contributed by atoms with Crippen LogP contribution in [0.3, 0.4) is 0 Å². The van der Waals surface area contributed by atoms with E-state index in [-0.39, 0.29) is 0 Å². The van der Waals surface area contributed by atoms with E-state index in [0.717, 1.165) is 6.42 Å². The Morgan fingerprint density at radius 3 is 2.75 bits per heavy atom. The molecule has 3 atom stereocenters. The molecule has 2 N–H and O–H groups in total. The normalized spacial score (nSPS) is 24.1. The van der Waals surface area contributed by atoms with Crippen molar-refractivity contribution in [2.24, 2.45) is 0 Å². The first-order chi connectivity index (χ1) is 7.54. The molecule has 0 saturated heterocycles. The van der Waals surface area contributed by atoms with Gasteiger partial charge >= 0.3 is 0 Å². The predicted molar refractivity (Wildman–Crippen MR) is 64.4 cm³/mol. The summed E-state index contributed by atoms with van der Waals surface area (Å²) in [6.07, 6.45) is 1.66. The van der Waals surface area contributed by atoms with Crippen LogP contribution in [0.1, 0.15) is 43.7 Å². The van der Waals surface area contributed by atoms with Gasteiger partial charge in [0.05, 0.1) is 11.7 Å². The van der Waals surface area contributed by atoms with E-state index in [1.54, 1.807) is 6.92 Å². The summed E-state index contributed by atoms with van der Waals surface area (Å²) in [5.74, 6) is 0.421. The second-order valence-electron chi connectivity index (χ2n) is 5.06. The van der Waals surface area contributed by atoms with Crippen LogP contribution in [0, 0.1) is 0 Å². The molecule has 0 spiro atoms. The third-order valence-corrected chi connectivity index (χ3v) is 3.90. The highest BCUT2D eigenvalue weighted by Crippen LogP contribution is 2.39. The molecule has 16 heavy (non-hydrogen) atoms. The fourth-order valence-corrected chi connectivity index (χ4v) is 2.33. The van der Waals surface area contributed by atoms with E-state index in [1.165, 1.54) is 11.1 Å². The van der Waals surface area contributed by atoms with Crippen LogP contribution >= 0.6 is 0 Å². The van der Waals surface area contributed by atoms with Crippen LogP contribution in [0.15, 0.2) is 24.3 Å². The van der Waals surface area contributed by atoms with Crippen molar-refractivity contribution >= 4 is 0 Å². The number of fused-ring (bicyclic) bond motifs is 1. The first-order valence-corrected chi connectivity index (χ1v) is 6.03. The lowest BCUT2D eigenvalue weighted by Crippen LogP contribution is -2.40. The first kappa shape index (κ1) is 11.6. The van der Waals surface area contributed by atoms with Crippen LogP contribution in [0.25, 0.3) is 0 Å². The van der Waals surface area contributed by atoms with Gasteiger partial charge in [0, 0.05) is 0 Å². The summed E-state index contributed by atoms with van der Waals surface area (Å²) < 4.78 is 0. The van der Waals surface area contributed by atoms with E-state index in [2.05, 4.69) is 12.1 Å². The maximum atomic E-state index is 9.99. The Labute approximate surface area is 96.9 Å². The first-order valence-electron chi connectivity index (χ1n) is 6.03. The summed E-state index contributed by atoms with van der Waals surface area (Å²) in [5, 5.41) is 19.9. The second kappa shape index (κ2) is 4.19. The molecule has 0 radical (unpaired) electrons. The highest BCUT2D eigenvalue weighted by atomic mass is 16.3. The molecule has 3 unspecified atom stereocenters. The van der Waals surface area contributed by atoms with E-state index >= 15 is 0 Å². The van der Waals surface area contributed by atoms with Crippen LogP contribution in [0.4, 0.5) is 0 Å². The number of benzene rings is 1. The third kappa shape index (κ3) is 2.00. The van der Waals surface area contributed by atoms with E-state index in [9.17, 15) is 10.2 Å². The van der Waals surface area contributed by atoms with Gasteiger partial charge in [-0.1, -0.05) is 31.2 Å². The monoisotopic (exact) mass is 220 g/mol. The Hall–Kier alpha value is -0.860. The molecule has 0 fully saturated rings. The highest BCUT2D eigenvalue weighted by Gasteiger charge is 2.34. The van der Waals surface area contributed by atoms with Crippen molar-refractivity contribution < 1.29 is 10.2 Å². The summed E-state index contributed by atoms with van der Waals surface area (Å²) in [5.41, 5.74) is 1.77. The Bertz CT molecular complexity index is 371. The largest absolute Gasteiger partial charge is 0.390 e. The van der Waals surface area contributed by atoms with Crippen molar-refractivity contribution in [2.75, 3.05) is 0 Å². The Kier molecular flexibility index (Phi) is 3.04. The Morgan fingerprint density at radius 1 is 1.44 bits per heavy atom. The van der Waals surface area contributed by atoms with Crippen LogP contribution in [-0.2, 0) is 6.42 Å². The van der Waals surface area contributed by atoms with Gasteiger partial charge < -0.3 is 10.2 Å². The molecule has 1 aromatic rings. The van der Waals surface area contributed by atoms with Crippen LogP contribution in [0.5, 0.6) is 0 Å². The maximum Gasteiger partial charge on any atom is 0.0875 e. The van der Waals surface area contributed by atoms with Crippen molar-refractivity contribution in [3.8, 4) is 0 Å². The molecule has 2 heteroatoms. The topological polar surface area (TPSA) is 40.5 Å². The minimum Gasteiger partial charge on any atom is -0.390 e. The molecule has 1 aliphatic carbocycles. The van der Waals surface area contributed by atoms with Crippen molar-refractivity contribution in [3.05, 3.63) is 35.4 Å². The average Bonchev–Trinajstić information content (AvgIpc) is 2.25. The molecule has 88 valence electrons. The lowest BCUT2D eigenvalue weighted by atomic mass is 9.73. The molecular formula is C14H20O2. The molecule has 0 aromatic heterocycles. The molecule has 2 nitrogen and oxygen atoms in total. The molecule has 2 rings (SSSR count).